The van der Waals surface area contributed by atoms with Gasteiger partial charge in [0.25, 0.3) is 0 Å². The number of pyridine rings is 1. The standard InChI is InChI=1S/C25H36N2O5/c1-16(2)20(14-21(26)22(28)11-17(3)25(29)30)12-19-5-6-23(31-4)24(13-19)32-15-18-7-9-27-10-8-18/h5-10,13,16-17,20-22,28H,11-12,14-15,26H2,1-4H3,(H,29,30)/t17-,20+,21+,22+/m1/s1. The summed E-state index contributed by atoms with van der Waals surface area (Å²) >= 11 is 0. The molecule has 0 amide bonds. The van der Waals surface area contributed by atoms with Gasteiger partial charge in [0, 0.05) is 18.4 Å². The molecule has 0 aliphatic carbocycles. The van der Waals surface area contributed by atoms with Gasteiger partial charge in [0.15, 0.2) is 11.5 Å². The van der Waals surface area contributed by atoms with Crippen LogP contribution < -0.4 is 15.2 Å². The molecule has 0 spiro atoms. The monoisotopic (exact) mass is 444 g/mol. The SMILES string of the molecule is COc1ccc(C[C@@H](C[C@H](N)[C@@H](O)C[C@@H](C)C(=O)O)C(C)C)cc1OCc1ccncc1. The van der Waals surface area contributed by atoms with Gasteiger partial charge >= 0.3 is 5.97 Å². The van der Waals surface area contributed by atoms with Crippen molar-refractivity contribution in [3.8, 4) is 11.5 Å². The summed E-state index contributed by atoms with van der Waals surface area (Å²) in [5, 5.41) is 19.5. The number of hydrogen-bond donors (Lipinski definition) is 3. The molecule has 2 aromatic rings. The molecular formula is C25H36N2O5. The Hall–Kier alpha value is -2.64. The van der Waals surface area contributed by atoms with E-state index in [0.717, 1.165) is 17.5 Å². The zero-order valence-corrected chi connectivity index (χ0v) is 19.4. The highest BCUT2D eigenvalue weighted by molar-refractivity contribution is 5.69. The highest BCUT2D eigenvalue weighted by Gasteiger charge is 2.26. The molecule has 1 aromatic carbocycles. The first-order valence-electron chi connectivity index (χ1n) is 11.1. The van der Waals surface area contributed by atoms with Crippen LogP contribution in [0.15, 0.2) is 42.7 Å². The average molecular weight is 445 g/mol. The maximum Gasteiger partial charge on any atom is 0.306 e. The molecule has 0 saturated heterocycles. The van der Waals surface area contributed by atoms with E-state index < -0.39 is 24.0 Å². The molecule has 0 bridgehead atoms. The Balaban J connectivity index is 2.07. The van der Waals surface area contributed by atoms with Crippen LogP contribution in [0, 0.1) is 17.8 Å². The van der Waals surface area contributed by atoms with Crippen molar-refractivity contribution in [1.29, 1.82) is 0 Å². The van der Waals surface area contributed by atoms with Gasteiger partial charge in [-0.15, -0.1) is 0 Å². The van der Waals surface area contributed by atoms with Gasteiger partial charge in [0.2, 0.25) is 0 Å². The lowest BCUT2D eigenvalue weighted by Crippen LogP contribution is -2.39. The van der Waals surface area contributed by atoms with Crippen molar-refractivity contribution in [3.63, 3.8) is 0 Å². The van der Waals surface area contributed by atoms with Crippen LogP contribution in [0.25, 0.3) is 0 Å². The van der Waals surface area contributed by atoms with Gasteiger partial charge in [-0.3, -0.25) is 9.78 Å². The number of rotatable bonds is 13. The minimum Gasteiger partial charge on any atom is -0.493 e. The predicted molar refractivity (Wildman–Crippen MR) is 124 cm³/mol. The molecular weight excluding hydrogens is 408 g/mol. The summed E-state index contributed by atoms with van der Waals surface area (Å²) in [4.78, 5) is 15.1. The predicted octanol–water partition coefficient (Wildman–Crippen LogP) is 3.67. The summed E-state index contributed by atoms with van der Waals surface area (Å²) < 4.78 is 11.5. The summed E-state index contributed by atoms with van der Waals surface area (Å²) in [6.07, 6.45) is 4.13. The van der Waals surface area contributed by atoms with Crippen LogP contribution in [0.5, 0.6) is 11.5 Å². The van der Waals surface area contributed by atoms with Crippen molar-refractivity contribution < 1.29 is 24.5 Å². The summed E-state index contributed by atoms with van der Waals surface area (Å²) in [5.74, 6) is 0.349. The number of nitrogens with two attached hydrogens (primary N) is 1. The van der Waals surface area contributed by atoms with Crippen LogP contribution in [-0.2, 0) is 17.8 Å². The second kappa shape index (κ2) is 12.4. The van der Waals surface area contributed by atoms with Crippen LogP contribution in [-0.4, -0.2) is 40.4 Å². The third kappa shape index (κ3) is 7.80. The second-order valence-corrected chi connectivity index (χ2v) is 8.78. The van der Waals surface area contributed by atoms with Gasteiger partial charge in [0.1, 0.15) is 6.61 Å². The molecule has 0 aliphatic heterocycles. The van der Waals surface area contributed by atoms with E-state index in [1.807, 2.05) is 30.3 Å². The lowest BCUT2D eigenvalue weighted by molar-refractivity contribution is -0.142. The molecule has 4 atom stereocenters. The van der Waals surface area contributed by atoms with E-state index >= 15 is 0 Å². The number of ether oxygens (including phenoxy) is 2. The van der Waals surface area contributed by atoms with E-state index in [-0.39, 0.29) is 12.3 Å². The normalized spacial score (nSPS) is 15.1. The molecule has 32 heavy (non-hydrogen) atoms. The number of carboxylic acids is 1. The molecule has 1 heterocycles. The Morgan fingerprint density at radius 2 is 1.75 bits per heavy atom. The van der Waals surface area contributed by atoms with Crippen LogP contribution in [0.4, 0.5) is 0 Å². The fourth-order valence-corrected chi connectivity index (χ4v) is 3.64. The van der Waals surface area contributed by atoms with E-state index in [0.29, 0.717) is 30.4 Å². The third-order valence-corrected chi connectivity index (χ3v) is 5.90. The molecule has 1 aromatic heterocycles. The summed E-state index contributed by atoms with van der Waals surface area (Å²) in [6.45, 7) is 6.26. The number of methoxy groups -OCH3 is 1. The fraction of sp³-hybridized carbons (Fsp3) is 0.520. The first kappa shape index (κ1) is 25.6. The number of aliphatic carboxylic acids is 1. The van der Waals surface area contributed by atoms with Crippen LogP contribution in [0.3, 0.4) is 0 Å². The maximum absolute atomic E-state index is 11.1. The molecule has 7 nitrogen and oxygen atoms in total. The van der Waals surface area contributed by atoms with Crippen molar-refractivity contribution >= 4 is 5.97 Å². The lowest BCUT2D eigenvalue weighted by atomic mass is 9.82. The Morgan fingerprint density at radius 3 is 2.34 bits per heavy atom. The zero-order valence-electron chi connectivity index (χ0n) is 19.4. The van der Waals surface area contributed by atoms with Crippen molar-refractivity contribution in [2.75, 3.05) is 7.11 Å². The molecule has 0 aliphatic rings. The van der Waals surface area contributed by atoms with E-state index in [2.05, 4.69) is 18.8 Å². The lowest BCUT2D eigenvalue weighted by Gasteiger charge is -2.28. The Labute approximate surface area is 190 Å². The number of carboxylic acid groups (broad SMARTS) is 1. The van der Waals surface area contributed by atoms with E-state index in [9.17, 15) is 9.90 Å². The molecule has 0 unspecified atom stereocenters. The minimum absolute atomic E-state index is 0.150. The maximum atomic E-state index is 11.1. The first-order valence-corrected chi connectivity index (χ1v) is 11.1. The van der Waals surface area contributed by atoms with Crippen LogP contribution in [0.2, 0.25) is 0 Å². The number of nitrogens with zero attached hydrogens (tertiary/aromatic N) is 1. The average Bonchev–Trinajstić information content (AvgIpc) is 2.77. The molecule has 176 valence electrons. The zero-order chi connectivity index (χ0) is 23.7. The van der Waals surface area contributed by atoms with E-state index in [4.69, 9.17) is 20.3 Å². The topological polar surface area (TPSA) is 115 Å². The van der Waals surface area contributed by atoms with Crippen molar-refractivity contribution in [1.82, 2.24) is 4.98 Å². The van der Waals surface area contributed by atoms with Crippen molar-refractivity contribution in [2.45, 2.75) is 58.8 Å². The Kier molecular flexibility index (Phi) is 9.94. The van der Waals surface area contributed by atoms with Gasteiger partial charge in [-0.1, -0.05) is 26.8 Å². The summed E-state index contributed by atoms with van der Waals surface area (Å²) in [6, 6.07) is 9.24. The Morgan fingerprint density at radius 1 is 1.06 bits per heavy atom. The quantitative estimate of drug-likeness (QED) is 0.432. The van der Waals surface area contributed by atoms with Crippen LogP contribution >= 0.6 is 0 Å². The smallest absolute Gasteiger partial charge is 0.306 e. The minimum atomic E-state index is -0.922. The third-order valence-electron chi connectivity index (χ3n) is 5.90. The number of aliphatic hydroxyl groups excluding tert-OH is 1. The highest BCUT2D eigenvalue weighted by Crippen LogP contribution is 2.32. The van der Waals surface area contributed by atoms with Crippen molar-refractivity contribution in [2.24, 2.45) is 23.5 Å². The second-order valence-electron chi connectivity index (χ2n) is 8.78. The van der Waals surface area contributed by atoms with E-state index in [1.54, 1.807) is 26.4 Å². The van der Waals surface area contributed by atoms with Gasteiger partial charge in [-0.25, -0.2) is 0 Å². The molecule has 0 radical (unpaired) electrons. The summed E-state index contributed by atoms with van der Waals surface area (Å²) in [7, 11) is 1.61. The van der Waals surface area contributed by atoms with Gasteiger partial charge < -0.3 is 25.4 Å². The molecule has 0 fully saturated rings. The van der Waals surface area contributed by atoms with Crippen LogP contribution in [0.1, 0.15) is 44.7 Å². The molecule has 2 rings (SSSR count). The van der Waals surface area contributed by atoms with E-state index in [1.165, 1.54) is 0 Å². The van der Waals surface area contributed by atoms with Crippen molar-refractivity contribution in [3.05, 3.63) is 53.9 Å². The summed E-state index contributed by atoms with van der Waals surface area (Å²) in [5.41, 5.74) is 8.36. The van der Waals surface area contributed by atoms with Gasteiger partial charge in [-0.05, 0) is 66.5 Å². The van der Waals surface area contributed by atoms with Gasteiger partial charge in [-0.2, -0.15) is 0 Å². The number of hydrogen-bond acceptors (Lipinski definition) is 6. The molecule has 7 heteroatoms. The molecule has 0 saturated carbocycles. The molecule has 4 N–H and O–H groups in total. The number of benzene rings is 1. The van der Waals surface area contributed by atoms with Gasteiger partial charge in [0.05, 0.1) is 19.1 Å². The Bertz CT molecular complexity index is 843. The number of aliphatic hydroxyl groups is 1. The highest BCUT2D eigenvalue weighted by atomic mass is 16.5. The fourth-order valence-electron chi connectivity index (χ4n) is 3.64. The number of aromatic nitrogens is 1. The largest absolute Gasteiger partial charge is 0.493 e. The number of carbonyl (C=O) groups is 1. The first-order chi connectivity index (χ1) is 15.2.